The SMILES string of the molecule is O=C(O)C(=NO)C(c1ccc(OCc2nc(-c3ccccc3)cs2)cc1)c1ccc(OCc2nc(-c3ccccc3)cs2)cc1. The smallest absolute Gasteiger partial charge is 0.354 e. The van der Waals surface area contributed by atoms with Gasteiger partial charge >= 0.3 is 5.97 Å². The van der Waals surface area contributed by atoms with Crippen molar-refractivity contribution in [3.8, 4) is 34.0 Å². The molecule has 2 N–H and O–H groups in total. The number of oxime groups is 1. The maximum absolute atomic E-state index is 12.0. The number of carbonyl (C=O) groups is 1. The number of ether oxygens (including phenoxy) is 2. The average Bonchev–Trinajstić information content (AvgIpc) is 3.77. The summed E-state index contributed by atoms with van der Waals surface area (Å²) >= 11 is 3.05. The zero-order valence-corrected chi connectivity index (χ0v) is 25.4. The third kappa shape index (κ3) is 7.26. The molecule has 0 amide bonds. The Kier molecular flexibility index (Phi) is 9.24. The summed E-state index contributed by atoms with van der Waals surface area (Å²) in [5, 5.41) is 28.3. The molecular weight excluding hydrogens is 607 g/mol. The quantitative estimate of drug-likeness (QED) is 0.0794. The van der Waals surface area contributed by atoms with Crippen molar-refractivity contribution >= 4 is 34.4 Å². The van der Waals surface area contributed by atoms with Crippen molar-refractivity contribution in [2.45, 2.75) is 19.1 Å². The van der Waals surface area contributed by atoms with Crippen LogP contribution in [0, 0.1) is 0 Å². The van der Waals surface area contributed by atoms with Gasteiger partial charge in [0.25, 0.3) is 0 Å². The van der Waals surface area contributed by atoms with Crippen LogP contribution in [0.3, 0.4) is 0 Å². The molecule has 2 aromatic heterocycles. The first-order valence-corrected chi connectivity index (χ1v) is 15.7. The van der Waals surface area contributed by atoms with Crippen molar-refractivity contribution in [1.82, 2.24) is 9.97 Å². The lowest BCUT2D eigenvalue weighted by molar-refractivity contribution is -0.129. The third-order valence-electron chi connectivity index (χ3n) is 6.99. The maximum Gasteiger partial charge on any atom is 0.354 e. The van der Waals surface area contributed by atoms with E-state index in [1.54, 1.807) is 48.5 Å². The normalized spacial score (nSPS) is 11.4. The Labute approximate surface area is 267 Å². The summed E-state index contributed by atoms with van der Waals surface area (Å²) in [5.41, 5.74) is 4.76. The van der Waals surface area contributed by atoms with E-state index >= 15 is 0 Å². The number of aliphatic carboxylic acids is 1. The molecule has 45 heavy (non-hydrogen) atoms. The lowest BCUT2D eigenvalue weighted by Crippen LogP contribution is -2.23. The predicted octanol–water partition coefficient (Wildman–Crippen LogP) is 8.14. The lowest BCUT2D eigenvalue weighted by Gasteiger charge is -2.18. The Morgan fingerprint density at radius 3 is 1.47 bits per heavy atom. The van der Waals surface area contributed by atoms with Gasteiger partial charge in [-0.1, -0.05) is 90.1 Å². The van der Waals surface area contributed by atoms with Gasteiger partial charge < -0.3 is 19.8 Å². The molecule has 0 bridgehead atoms. The van der Waals surface area contributed by atoms with Gasteiger partial charge in [-0.2, -0.15) is 0 Å². The molecule has 0 saturated heterocycles. The summed E-state index contributed by atoms with van der Waals surface area (Å²) in [6.45, 7) is 0.601. The average molecular weight is 634 g/mol. The second-order valence-electron chi connectivity index (χ2n) is 9.92. The first kappa shape index (κ1) is 29.7. The summed E-state index contributed by atoms with van der Waals surface area (Å²) in [6, 6.07) is 34.0. The van der Waals surface area contributed by atoms with Crippen LogP contribution in [0.25, 0.3) is 22.5 Å². The molecule has 0 unspecified atom stereocenters. The second kappa shape index (κ2) is 14.0. The van der Waals surface area contributed by atoms with Crippen molar-refractivity contribution in [1.29, 1.82) is 0 Å². The zero-order chi connectivity index (χ0) is 31.0. The molecular formula is C35H27N3O5S2. The van der Waals surface area contributed by atoms with Gasteiger partial charge in [-0.3, -0.25) is 0 Å². The maximum atomic E-state index is 12.0. The summed E-state index contributed by atoms with van der Waals surface area (Å²) in [7, 11) is 0. The molecule has 6 rings (SSSR count). The molecule has 6 aromatic rings. The fourth-order valence-corrected chi connectivity index (χ4v) is 6.20. The van der Waals surface area contributed by atoms with Crippen LogP contribution in [-0.4, -0.2) is 32.0 Å². The molecule has 4 aromatic carbocycles. The largest absolute Gasteiger partial charge is 0.486 e. The summed E-state index contributed by atoms with van der Waals surface area (Å²) < 4.78 is 11.9. The Balaban J connectivity index is 1.12. The Bertz CT molecular complexity index is 1760. The van der Waals surface area contributed by atoms with Gasteiger partial charge in [0.15, 0.2) is 5.71 Å². The van der Waals surface area contributed by atoms with Crippen molar-refractivity contribution in [2.75, 3.05) is 0 Å². The molecule has 0 fully saturated rings. The highest BCUT2D eigenvalue weighted by Gasteiger charge is 2.27. The van der Waals surface area contributed by atoms with Crippen LogP contribution in [0.2, 0.25) is 0 Å². The molecule has 0 saturated carbocycles. The number of aromatic nitrogens is 2. The number of hydrogen-bond acceptors (Lipinski definition) is 9. The minimum atomic E-state index is -1.32. The number of nitrogens with zero attached hydrogens (tertiary/aromatic N) is 3. The van der Waals surface area contributed by atoms with Crippen LogP contribution in [0.4, 0.5) is 0 Å². The fourth-order valence-electron chi connectivity index (χ4n) is 4.77. The van der Waals surface area contributed by atoms with Crippen molar-refractivity contribution in [2.24, 2.45) is 5.16 Å². The van der Waals surface area contributed by atoms with Crippen LogP contribution in [-0.2, 0) is 18.0 Å². The number of carboxylic acid groups (broad SMARTS) is 1. The standard InChI is InChI=1S/C35H27N3O5S2/c39-35(40)34(38-41)33(25-11-15-27(16-12-25)42-19-31-36-29(21-44-31)23-7-3-1-4-8-23)26-13-17-28(18-14-26)43-20-32-37-30(22-45-32)24-9-5-2-6-10-24/h1-18,21-22,33,41H,19-20H2,(H,39,40). The number of thiazole rings is 2. The summed E-state index contributed by atoms with van der Waals surface area (Å²) in [5.74, 6) is -0.934. The Morgan fingerprint density at radius 2 is 1.09 bits per heavy atom. The molecule has 0 atom stereocenters. The molecule has 2 heterocycles. The fraction of sp³-hybridized carbons (Fsp3) is 0.0857. The van der Waals surface area contributed by atoms with Crippen molar-refractivity contribution in [3.63, 3.8) is 0 Å². The molecule has 10 heteroatoms. The first-order chi connectivity index (χ1) is 22.1. The lowest BCUT2D eigenvalue weighted by atomic mass is 9.87. The summed E-state index contributed by atoms with van der Waals surface area (Å²) in [6.07, 6.45) is 0. The van der Waals surface area contributed by atoms with Crippen LogP contribution < -0.4 is 9.47 Å². The molecule has 0 aliphatic carbocycles. The van der Waals surface area contributed by atoms with E-state index in [1.807, 2.05) is 71.4 Å². The van der Waals surface area contributed by atoms with Gasteiger partial charge in [-0.25, -0.2) is 14.8 Å². The van der Waals surface area contributed by atoms with Crippen molar-refractivity contribution < 1.29 is 24.6 Å². The van der Waals surface area contributed by atoms with Crippen LogP contribution >= 0.6 is 22.7 Å². The van der Waals surface area contributed by atoms with Gasteiger partial charge in [0.05, 0.1) is 17.3 Å². The van der Waals surface area contributed by atoms with Crippen molar-refractivity contribution in [3.05, 3.63) is 141 Å². The van der Waals surface area contributed by atoms with E-state index in [-0.39, 0.29) is 0 Å². The Hall–Kier alpha value is -5.32. The number of rotatable bonds is 12. The van der Waals surface area contributed by atoms with E-state index in [9.17, 15) is 15.1 Å². The van der Waals surface area contributed by atoms with E-state index in [4.69, 9.17) is 9.47 Å². The predicted molar refractivity (Wildman–Crippen MR) is 175 cm³/mol. The molecule has 0 spiro atoms. The zero-order valence-electron chi connectivity index (χ0n) is 23.8. The molecule has 8 nitrogen and oxygen atoms in total. The molecule has 0 aliphatic heterocycles. The van der Waals surface area contributed by atoms with E-state index in [0.717, 1.165) is 32.5 Å². The van der Waals surface area contributed by atoms with Gasteiger partial charge in [0.1, 0.15) is 34.7 Å². The molecule has 0 radical (unpaired) electrons. The summed E-state index contributed by atoms with van der Waals surface area (Å²) in [4.78, 5) is 21.3. The Morgan fingerprint density at radius 1 is 0.667 bits per heavy atom. The van der Waals surface area contributed by atoms with Crippen LogP contribution in [0.15, 0.2) is 125 Å². The second-order valence-corrected chi connectivity index (χ2v) is 11.8. The monoisotopic (exact) mass is 633 g/mol. The minimum absolute atomic E-state index is 0.300. The van der Waals surface area contributed by atoms with Gasteiger partial charge in [0.2, 0.25) is 0 Å². The van der Waals surface area contributed by atoms with Gasteiger partial charge in [-0.15, -0.1) is 22.7 Å². The van der Waals surface area contributed by atoms with E-state index in [1.165, 1.54) is 22.7 Å². The molecule has 224 valence electrons. The van der Waals surface area contributed by atoms with Gasteiger partial charge in [-0.05, 0) is 35.4 Å². The number of benzene rings is 4. The first-order valence-electron chi connectivity index (χ1n) is 14.0. The van der Waals surface area contributed by atoms with Crippen LogP contribution in [0.5, 0.6) is 11.5 Å². The highest BCUT2D eigenvalue weighted by atomic mass is 32.1. The topological polar surface area (TPSA) is 114 Å². The third-order valence-corrected chi connectivity index (χ3v) is 8.64. The number of hydrogen-bond donors (Lipinski definition) is 2. The highest BCUT2D eigenvalue weighted by Crippen LogP contribution is 2.31. The molecule has 0 aliphatic rings. The minimum Gasteiger partial charge on any atom is -0.486 e. The number of carboxylic acids is 1. The van der Waals surface area contributed by atoms with Crippen LogP contribution in [0.1, 0.15) is 27.1 Å². The van der Waals surface area contributed by atoms with E-state index in [0.29, 0.717) is 35.8 Å². The van der Waals surface area contributed by atoms with Gasteiger partial charge in [0, 0.05) is 21.9 Å². The van der Waals surface area contributed by atoms with E-state index in [2.05, 4.69) is 15.1 Å². The highest BCUT2D eigenvalue weighted by molar-refractivity contribution is 7.10. The van der Waals surface area contributed by atoms with E-state index < -0.39 is 17.6 Å².